The Hall–Kier alpha value is -2.84. The van der Waals surface area contributed by atoms with Gasteiger partial charge in [0.05, 0.1) is 18.8 Å². The molecule has 7 nitrogen and oxygen atoms in total. The number of amides is 1. The molecule has 2 heterocycles. The van der Waals surface area contributed by atoms with Crippen LogP contribution in [0.1, 0.15) is 54.9 Å². The minimum absolute atomic E-state index is 0.0328. The fourth-order valence-electron chi connectivity index (χ4n) is 6.05. The Labute approximate surface area is 224 Å². The summed E-state index contributed by atoms with van der Waals surface area (Å²) >= 11 is 0. The van der Waals surface area contributed by atoms with E-state index in [1.807, 2.05) is 24.3 Å². The van der Waals surface area contributed by atoms with Crippen LogP contribution in [0.25, 0.3) is 0 Å². The van der Waals surface area contributed by atoms with Crippen molar-refractivity contribution in [3.8, 4) is 17.2 Å². The fourth-order valence-corrected chi connectivity index (χ4v) is 6.05. The second kappa shape index (κ2) is 12.3. The van der Waals surface area contributed by atoms with Crippen molar-refractivity contribution >= 4 is 5.91 Å². The number of morpholine rings is 1. The van der Waals surface area contributed by atoms with Crippen molar-refractivity contribution in [2.75, 3.05) is 46.0 Å². The number of fused-ring (bicyclic) bond motifs is 1. The molecule has 1 aliphatic carbocycles. The van der Waals surface area contributed by atoms with Crippen molar-refractivity contribution in [2.45, 2.75) is 51.7 Å². The van der Waals surface area contributed by atoms with Gasteiger partial charge in [0, 0.05) is 38.8 Å². The van der Waals surface area contributed by atoms with Gasteiger partial charge < -0.3 is 24.2 Å². The Kier molecular flexibility index (Phi) is 8.69. The van der Waals surface area contributed by atoms with E-state index in [-0.39, 0.29) is 17.6 Å². The van der Waals surface area contributed by atoms with Crippen LogP contribution in [-0.4, -0.2) is 72.9 Å². The van der Waals surface area contributed by atoms with E-state index in [9.17, 15) is 14.3 Å². The number of carbonyl (C=O) groups is 1. The van der Waals surface area contributed by atoms with Crippen LogP contribution in [-0.2, 0) is 11.3 Å². The normalized spacial score (nSPS) is 22.8. The summed E-state index contributed by atoms with van der Waals surface area (Å²) in [6.07, 6.45) is 5.19. The van der Waals surface area contributed by atoms with Gasteiger partial charge >= 0.3 is 0 Å². The summed E-state index contributed by atoms with van der Waals surface area (Å²) in [7, 11) is 0. The lowest BCUT2D eigenvalue weighted by atomic mass is 9.78. The first-order valence-corrected chi connectivity index (χ1v) is 14.0. The number of ether oxygens (including phenoxy) is 3. The molecule has 1 amide bonds. The summed E-state index contributed by atoms with van der Waals surface area (Å²) in [6.45, 7) is 8.24. The summed E-state index contributed by atoms with van der Waals surface area (Å²) in [5, 5.41) is 9.65. The second-order valence-electron chi connectivity index (χ2n) is 10.7. The first-order valence-electron chi connectivity index (χ1n) is 14.0. The Morgan fingerprint density at radius 1 is 1.11 bits per heavy atom. The minimum Gasteiger partial charge on any atom is -0.505 e. The van der Waals surface area contributed by atoms with E-state index in [4.69, 9.17) is 14.2 Å². The van der Waals surface area contributed by atoms with Crippen LogP contribution < -0.4 is 9.47 Å². The lowest BCUT2D eigenvalue weighted by Gasteiger charge is -2.35. The number of phenolic OH excluding ortho intramolecular Hbond substituents is 1. The van der Waals surface area contributed by atoms with Crippen molar-refractivity contribution in [3.63, 3.8) is 0 Å². The predicted molar refractivity (Wildman–Crippen MR) is 142 cm³/mol. The van der Waals surface area contributed by atoms with Gasteiger partial charge in [-0.25, -0.2) is 4.39 Å². The zero-order chi connectivity index (χ0) is 26.5. The van der Waals surface area contributed by atoms with Gasteiger partial charge in [0.25, 0.3) is 5.91 Å². The molecule has 1 saturated heterocycles. The third kappa shape index (κ3) is 6.24. The van der Waals surface area contributed by atoms with Crippen LogP contribution in [0, 0.1) is 17.7 Å². The summed E-state index contributed by atoms with van der Waals surface area (Å²) in [5.41, 5.74) is 0.691. The molecule has 2 fully saturated rings. The summed E-state index contributed by atoms with van der Waals surface area (Å²) in [6, 6.07) is 10.9. The third-order valence-corrected chi connectivity index (χ3v) is 8.24. The number of phenols is 1. The maximum absolute atomic E-state index is 14.3. The Morgan fingerprint density at radius 2 is 1.87 bits per heavy atom. The molecule has 1 N–H and O–H groups in total. The number of halogens is 1. The number of nitrogens with zero attached hydrogens (tertiary/aromatic N) is 2. The summed E-state index contributed by atoms with van der Waals surface area (Å²) in [4.78, 5) is 16.9. The van der Waals surface area contributed by atoms with Gasteiger partial charge in [0.15, 0.2) is 11.6 Å². The van der Waals surface area contributed by atoms with Gasteiger partial charge in [-0.1, -0.05) is 19.1 Å². The molecule has 0 radical (unpaired) electrons. The molecule has 0 aromatic heterocycles. The van der Waals surface area contributed by atoms with Crippen molar-refractivity contribution in [1.29, 1.82) is 0 Å². The smallest absolute Gasteiger partial charge is 0.257 e. The quantitative estimate of drug-likeness (QED) is 0.477. The highest BCUT2D eigenvalue weighted by molar-refractivity contribution is 5.99. The van der Waals surface area contributed by atoms with Gasteiger partial charge in [-0.15, -0.1) is 0 Å². The molecule has 2 aliphatic heterocycles. The number of hydrogen-bond acceptors (Lipinski definition) is 6. The molecular formula is C30H39FN2O5. The van der Waals surface area contributed by atoms with Crippen LogP contribution in [0.2, 0.25) is 0 Å². The fraction of sp³-hybridized carbons (Fsp3) is 0.567. The second-order valence-corrected chi connectivity index (χ2v) is 10.7. The zero-order valence-corrected chi connectivity index (χ0v) is 22.2. The molecule has 0 bridgehead atoms. The van der Waals surface area contributed by atoms with Gasteiger partial charge in [-0.05, 0) is 67.7 Å². The number of hydrogen-bond donors (Lipinski definition) is 1. The van der Waals surface area contributed by atoms with Gasteiger partial charge in [-0.3, -0.25) is 9.69 Å². The monoisotopic (exact) mass is 526 g/mol. The SMILES string of the molecule is CCC(Oc1cccc(OCCN2CCOCC2)c1)C1CCC(CN2Cc3ccc(O)c(F)c3C2=O)CC1. The van der Waals surface area contributed by atoms with Crippen molar-refractivity contribution in [3.05, 3.63) is 53.3 Å². The van der Waals surface area contributed by atoms with E-state index in [1.54, 1.807) is 11.0 Å². The average molecular weight is 527 g/mol. The minimum atomic E-state index is -0.798. The van der Waals surface area contributed by atoms with Gasteiger partial charge in [-0.2, -0.15) is 0 Å². The molecule has 1 unspecified atom stereocenters. The van der Waals surface area contributed by atoms with E-state index >= 15 is 0 Å². The molecule has 0 spiro atoms. The van der Waals surface area contributed by atoms with Crippen molar-refractivity contribution in [1.82, 2.24) is 9.80 Å². The molecule has 1 atom stereocenters. The topological polar surface area (TPSA) is 71.5 Å². The van der Waals surface area contributed by atoms with E-state index in [2.05, 4.69) is 11.8 Å². The molecule has 1 saturated carbocycles. The van der Waals surface area contributed by atoms with E-state index < -0.39 is 11.6 Å². The van der Waals surface area contributed by atoms with Gasteiger partial charge in [0.1, 0.15) is 24.2 Å². The number of carbonyl (C=O) groups excluding carboxylic acids is 1. The Balaban J connectivity index is 1.09. The molecule has 206 valence electrons. The van der Waals surface area contributed by atoms with Crippen molar-refractivity contribution in [2.24, 2.45) is 11.8 Å². The standard InChI is InChI=1S/C30H39FN2O5/c1-2-27(38-25-5-3-4-24(18-25)37-17-14-32-12-15-36-16-13-32)22-8-6-21(7-9-22)19-33-20-23-10-11-26(34)29(31)28(23)30(33)35/h3-5,10-11,18,21-22,27,34H,2,6-9,12-17,19-20H2,1H3. The molecule has 2 aromatic rings. The highest BCUT2D eigenvalue weighted by Gasteiger charge is 2.35. The van der Waals surface area contributed by atoms with E-state index in [0.717, 1.165) is 76.5 Å². The number of aromatic hydroxyl groups is 1. The zero-order valence-electron chi connectivity index (χ0n) is 22.2. The molecule has 38 heavy (non-hydrogen) atoms. The summed E-state index contributed by atoms with van der Waals surface area (Å²) < 4.78 is 32.2. The number of benzene rings is 2. The Morgan fingerprint density at radius 3 is 2.63 bits per heavy atom. The van der Waals surface area contributed by atoms with Crippen LogP contribution in [0.15, 0.2) is 36.4 Å². The van der Waals surface area contributed by atoms with E-state index in [1.165, 1.54) is 6.07 Å². The first-order chi connectivity index (χ1) is 18.5. The highest BCUT2D eigenvalue weighted by Crippen LogP contribution is 2.37. The average Bonchev–Trinajstić information content (AvgIpc) is 3.26. The lowest BCUT2D eigenvalue weighted by Crippen LogP contribution is -2.38. The van der Waals surface area contributed by atoms with Gasteiger partial charge in [0.2, 0.25) is 0 Å². The van der Waals surface area contributed by atoms with Crippen LogP contribution in [0.4, 0.5) is 4.39 Å². The first kappa shape index (κ1) is 26.8. The maximum atomic E-state index is 14.3. The molecular weight excluding hydrogens is 487 g/mol. The highest BCUT2D eigenvalue weighted by atomic mass is 19.1. The molecule has 3 aliphatic rings. The predicted octanol–water partition coefficient (Wildman–Crippen LogP) is 4.86. The Bertz CT molecular complexity index is 1100. The van der Waals surface area contributed by atoms with Crippen LogP contribution in [0.3, 0.4) is 0 Å². The summed E-state index contributed by atoms with van der Waals surface area (Å²) in [5.74, 6) is 0.953. The molecule has 5 rings (SSSR count). The van der Waals surface area contributed by atoms with Crippen molar-refractivity contribution < 1.29 is 28.5 Å². The van der Waals surface area contributed by atoms with Crippen LogP contribution >= 0.6 is 0 Å². The maximum Gasteiger partial charge on any atom is 0.257 e. The van der Waals surface area contributed by atoms with E-state index in [0.29, 0.717) is 37.1 Å². The lowest BCUT2D eigenvalue weighted by molar-refractivity contribution is 0.0322. The largest absolute Gasteiger partial charge is 0.505 e. The third-order valence-electron chi connectivity index (χ3n) is 8.24. The van der Waals surface area contributed by atoms with Crippen LogP contribution in [0.5, 0.6) is 17.2 Å². The number of rotatable bonds is 10. The molecule has 8 heteroatoms. The molecule has 2 aromatic carbocycles.